The Bertz CT molecular complexity index is 1380. The molecule has 0 saturated heterocycles. The Morgan fingerprint density at radius 3 is 2.61 bits per heavy atom. The number of aromatic nitrogens is 2. The fourth-order valence-electron chi connectivity index (χ4n) is 3.75. The highest BCUT2D eigenvalue weighted by molar-refractivity contribution is 9.10. The smallest absolute Gasteiger partial charge is 0.297 e. The van der Waals surface area contributed by atoms with Gasteiger partial charge in [-0.05, 0) is 49.7 Å². The molecule has 0 fully saturated rings. The van der Waals surface area contributed by atoms with Crippen LogP contribution in [0.1, 0.15) is 39.7 Å². The number of nitrogens with zero attached hydrogens (tertiary/aromatic N) is 3. The van der Waals surface area contributed by atoms with Gasteiger partial charge in [0.15, 0.2) is 5.43 Å². The molecular formula is C22H16BrN3O4S. The van der Waals surface area contributed by atoms with Crippen molar-refractivity contribution >= 4 is 49.3 Å². The Morgan fingerprint density at radius 2 is 1.94 bits per heavy atom. The Hall–Kier alpha value is -3.04. The fourth-order valence-corrected chi connectivity index (χ4v) is 4.83. The lowest BCUT2D eigenvalue weighted by atomic mass is 9.98. The number of halogens is 1. The number of hydrogen-bond acceptors (Lipinski definition) is 7. The first kappa shape index (κ1) is 19.9. The summed E-state index contributed by atoms with van der Waals surface area (Å²) in [7, 11) is 0. The second-order valence-corrected chi connectivity index (χ2v) is 9.07. The van der Waals surface area contributed by atoms with E-state index in [9.17, 15) is 9.59 Å². The molecule has 0 radical (unpaired) electrons. The van der Waals surface area contributed by atoms with Crippen LogP contribution in [-0.2, 0) is 0 Å². The number of ether oxygens (including phenoxy) is 1. The minimum absolute atomic E-state index is 0.0339. The van der Waals surface area contributed by atoms with E-state index in [2.05, 4.69) is 26.1 Å². The molecule has 1 aliphatic rings. The lowest BCUT2D eigenvalue weighted by molar-refractivity contribution is 0.0970. The van der Waals surface area contributed by atoms with E-state index in [1.165, 1.54) is 16.2 Å². The number of hydrogen-bond donors (Lipinski definition) is 0. The van der Waals surface area contributed by atoms with Gasteiger partial charge in [-0.3, -0.25) is 14.5 Å². The van der Waals surface area contributed by atoms with Crippen LogP contribution in [0.5, 0.6) is 5.75 Å². The van der Waals surface area contributed by atoms with Crippen LogP contribution < -0.4 is 15.1 Å². The number of rotatable bonds is 4. The Kier molecular flexibility index (Phi) is 4.86. The van der Waals surface area contributed by atoms with Crippen LogP contribution in [0.2, 0.25) is 0 Å². The average molecular weight is 498 g/mol. The molecule has 4 aromatic rings. The van der Waals surface area contributed by atoms with Crippen molar-refractivity contribution in [3.8, 4) is 5.75 Å². The van der Waals surface area contributed by atoms with Gasteiger partial charge >= 0.3 is 0 Å². The summed E-state index contributed by atoms with van der Waals surface area (Å²) in [4.78, 5) is 28.4. The second-order valence-electron chi connectivity index (χ2n) is 7.00. The zero-order valence-corrected chi connectivity index (χ0v) is 19.0. The molecule has 31 heavy (non-hydrogen) atoms. The van der Waals surface area contributed by atoms with E-state index in [0.29, 0.717) is 34.0 Å². The third-order valence-corrected chi connectivity index (χ3v) is 6.39. The third kappa shape index (κ3) is 3.24. The first-order chi connectivity index (χ1) is 15.0. The number of carbonyl (C=O) groups is 1. The minimum Gasteiger partial charge on any atom is -0.494 e. The van der Waals surface area contributed by atoms with Crippen LogP contribution in [-0.4, -0.2) is 22.7 Å². The number of aryl methyl sites for hydroxylation is 1. The maximum absolute atomic E-state index is 13.5. The van der Waals surface area contributed by atoms with Gasteiger partial charge in [-0.2, -0.15) is 0 Å². The molecule has 7 nitrogen and oxygen atoms in total. The summed E-state index contributed by atoms with van der Waals surface area (Å²) in [5, 5.41) is 9.76. The zero-order chi connectivity index (χ0) is 21.7. The van der Waals surface area contributed by atoms with E-state index in [1.807, 2.05) is 38.1 Å². The zero-order valence-electron chi connectivity index (χ0n) is 16.6. The minimum atomic E-state index is -0.676. The Morgan fingerprint density at radius 1 is 1.16 bits per heavy atom. The van der Waals surface area contributed by atoms with E-state index >= 15 is 0 Å². The van der Waals surface area contributed by atoms with Crippen molar-refractivity contribution in [2.24, 2.45) is 0 Å². The summed E-state index contributed by atoms with van der Waals surface area (Å²) < 4.78 is 12.2. The maximum atomic E-state index is 13.5. The van der Waals surface area contributed by atoms with Crippen molar-refractivity contribution in [3.63, 3.8) is 0 Å². The van der Waals surface area contributed by atoms with E-state index in [1.54, 1.807) is 18.2 Å². The van der Waals surface area contributed by atoms with Crippen molar-refractivity contribution in [2.45, 2.75) is 19.9 Å². The summed E-state index contributed by atoms with van der Waals surface area (Å²) in [5.74, 6) is 0.335. The summed E-state index contributed by atoms with van der Waals surface area (Å²) in [6, 6.07) is 11.8. The highest BCUT2D eigenvalue weighted by Crippen LogP contribution is 2.42. The number of amides is 1. The number of fused-ring (bicyclic) bond motifs is 2. The molecule has 1 unspecified atom stereocenters. The predicted octanol–water partition coefficient (Wildman–Crippen LogP) is 4.86. The maximum Gasteiger partial charge on any atom is 0.297 e. The first-order valence-electron chi connectivity index (χ1n) is 9.60. The largest absolute Gasteiger partial charge is 0.494 e. The van der Waals surface area contributed by atoms with Gasteiger partial charge < -0.3 is 9.15 Å². The molecule has 0 N–H and O–H groups in total. The highest BCUT2D eigenvalue weighted by atomic mass is 79.9. The highest BCUT2D eigenvalue weighted by Gasteiger charge is 2.45. The molecule has 0 spiro atoms. The molecule has 0 bridgehead atoms. The molecular weight excluding hydrogens is 482 g/mol. The summed E-state index contributed by atoms with van der Waals surface area (Å²) in [6.45, 7) is 4.27. The van der Waals surface area contributed by atoms with E-state index in [4.69, 9.17) is 9.15 Å². The topological polar surface area (TPSA) is 85.5 Å². The predicted molar refractivity (Wildman–Crippen MR) is 121 cm³/mol. The van der Waals surface area contributed by atoms with Gasteiger partial charge in [-0.15, -0.1) is 10.2 Å². The van der Waals surface area contributed by atoms with E-state index in [0.717, 1.165) is 15.0 Å². The molecule has 3 heterocycles. The van der Waals surface area contributed by atoms with Crippen molar-refractivity contribution in [2.75, 3.05) is 11.5 Å². The van der Waals surface area contributed by atoms with Gasteiger partial charge in [-0.25, -0.2) is 0 Å². The lowest BCUT2D eigenvalue weighted by Crippen LogP contribution is -2.29. The molecule has 2 aromatic carbocycles. The molecule has 5 rings (SSSR count). The number of benzene rings is 2. The summed E-state index contributed by atoms with van der Waals surface area (Å²) >= 11 is 4.69. The summed E-state index contributed by atoms with van der Waals surface area (Å²) in [5.41, 5.74) is 1.17. The first-order valence-corrected chi connectivity index (χ1v) is 11.2. The quantitative estimate of drug-likeness (QED) is 0.400. The fraction of sp³-hybridized carbons (Fsp3) is 0.182. The molecule has 1 atom stereocenters. The molecule has 0 aliphatic carbocycles. The number of carbonyl (C=O) groups excluding carboxylic acids is 1. The molecule has 156 valence electrons. The average Bonchev–Trinajstić information content (AvgIpc) is 3.31. The van der Waals surface area contributed by atoms with Crippen LogP contribution in [0.25, 0.3) is 11.0 Å². The molecule has 2 aromatic heterocycles. The van der Waals surface area contributed by atoms with Crippen LogP contribution in [0, 0.1) is 6.92 Å². The van der Waals surface area contributed by atoms with Gasteiger partial charge in [-0.1, -0.05) is 39.4 Å². The third-order valence-electron chi connectivity index (χ3n) is 5.06. The van der Waals surface area contributed by atoms with Crippen LogP contribution >= 0.6 is 27.3 Å². The normalized spacial score (nSPS) is 15.5. The van der Waals surface area contributed by atoms with Crippen molar-refractivity contribution < 1.29 is 13.9 Å². The lowest BCUT2D eigenvalue weighted by Gasteiger charge is -2.22. The van der Waals surface area contributed by atoms with Gasteiger partial charge in [0, 0.05) is 4.47 Å². The molecule has 1 amide bonds. The van der Waals surface area contributed by atoms with Crippen molar-refractivity contribution in [3.05, 3.63) is 79.1 Å². The standard InChI is InChI=1S/C22H16BrN3O4S/c1-3-29-14-7-4-12(5-8-14)18-17-19(27)15-10-13(23)6-9-16(15)30-20(17)21(28)26(18)22-25-24-11(2)31-22/h4-10,18H,3H2,1-2H3. The SMILES string of the molecule is CCOc1ccc(C2c3c(oc4ccc(Br)cc4c3=O)C(=O)N2c2nnc(C)s2)cc1. The van der Waals surface area contributed by atoms with Crippen LogP contribution in [0.4, 0.5) is 5.13 Å². The molecule has 1 aliphatic heterocycles. The van der Waals surface area contributed by atoms with E-state index < -0.39 is 11.9 Å². The summed E-state index contributed by atoms with van der Waals surface area (Å²) in [6.07, 6.45) is 0. The van der Waals surface area contributed by atoms with Crippen molar-refractivity contribution in [1.29, 1.82) is 0 Å². The van der Waals surface area contributed by atoms with Gasteiger partial charge in [0.25, 0.3) is 5.91 Å². The Balaban J connectivity index is 1.76. The molecule has 0 saturated carbocycles. The van der Waals surface area contributed by atoms with Crippen LogP contribution in [0.15, 0.2) is 56.1 Å². The van der Waals surface area contributed by atoms with Crippen LogP contribution in [0.3, 0.4) is 0 Å². The van der Waals surface area contributed by atoms with Gasteiger partial charge in [0.2, 0.25) is 10.9 Å². The Labute approximate surface area is 189 Å². The van der Waals surface area contributed by atoms with Crippen molar-refractivity contribution in [1.82, 2.24) is 10.2 Å². The molecule has 9 heteroatoms. The number of anilines is 1. The van der Waals surface area contributed by atoms with E-state index in [-0.39, 0.29) is 11.2 Å². The van der Waals surface area contributed by atoms with Gasteiger partial charge in [0.1, 0.15) is 16.3 Å². The monoisotopic (exact) mass is 497 g/mol. The second kappa shape index (κ2) is 7.58. The van der Waals surface area contributed by atoms with Gasteiger partial charge in [0.05, 0.1) is 23.6 Å².